The van der Waals surface area contributed by atoms with Crippen LogP contribution in [0.2, 0.25) is 0 Å². The molecule has 0 radical (unpaired) electrons. The number of nitrogens with one attached hydrogen (secondary N) is 2. The fourth-order valence-electron chi connectivity index (χ4n) is 1.72. The molecule has 1 atom stereocenters. The van der Waals surface area contributed by atoms with E-state index < -0.39 is 0 Å². The fourth-order valence-corrected chi connectivity index (χ4v) is 1.72. The van der Waals surface area contributed by atoms with Gasteiger partial charge in [0.25, 0.3) is 0 Å². The maximum absolute atomic E-state index is 12.0. The minimum absolute atomic E-state index is 0.0586. The highest BCUT2D eigenvalue weighted by Gasteiger charge is 2.27. The van der Waals surface area contributed by atoms with Crippen molar-refractivity contribution in [3.63, 3.8) is 0 Å². The molecule has 0 aromatic carbocycles. The Hall–Kier alpha value is -0.610. The largest absolute Gasteiger partial charge is 0.354 e. The quantitative estimate of drug-likeness (QED) is 0.761. The van der Waals surface area contributed by atoms with E-state index >= 15 is 0 Å². The van der Waals surface area contributed by atoms with Crippen molar-refractivity contribution in [1.29, 1.82) is 0 Å². The predicted octanol–water partition coefficient (Wildman–Crippen LogP) is 0.688. The average molecular weight is 241 g/mol. The summed E-state index contributed by atoms with van der Waals surface area (Å²) in [5.41, 5.74) is 0.149. The zero-order chi connectivity index (χ0) is 13.1. The molecule has 1 aliphatic heterocycles. The first-order chi connectivity index (χ1) is 7.83. The number of amides is 1. The SMILES string of the molecule is CC(C)C(C)(C)CNC(=O)C1CN(C)CCN1. The standard InChI is InChI=1S/C13H27N3O/c1-10(2)13(3,4)9-15-12(17)11-8-16(5)7-6-14-11/h10-11,14H,6-9H2,1-5H3,(H,15,17). The molecule has 1 unspecified atom stereocenters. The Kier molecular flexibility index (Phi) is 4.95. The maximum atomic E-state index is 12.0. The molecule has 1 fully saturated rings. The van der Waals surface area contributed by atoms with Crippen LogP contribution in [0.4, 0.5) is 0 Å². The van der Waals surface area contributed by atoms with E-state index in [0.717, 1.165) is 26.2 Å². The summed E-state index contributed by atoms with van der Waals surface area (Å²) >= 11 is 0. The summed E-state index contributed by atoms with van der Waals surface area (Å²) in [6, 6.07) is -0.0586. The monoisotopic (exact) mass is 241 g/mol. The van der Waals surface area contributed by atoms with Gasteiger partial charge < -0.3 is 15.5 Å². The van der Waals surface area contributed by atoms with E-state index in [1.54, 1.807) is 0 Å². The van der Waals surface area contributed by atoms with E-state index in [1.807, 2.05) is 0 Å². The number of piperazine rings is 1. The molecule has 0 aliphatic carbocycles. The molecule has 1 heterocycles. The number of hydrogen-bond donors (Lipinski definition) is 2. The van der Waals surface area contributed by atoms with E-state index in [9.17, 15) is 4.79 Å². The Morgan fingerprint density at radius 1 is 1.53 bits per heavy atom. The smallest absolute Gasteiger partial charge is 0.238 e. The number of hydrogen-bond acceptors (Lipinski definition) is 3. The molecule has 17 heavy (non-hydrogen) atoms. The van der Waals surface area contributed by atoms with Gasteiger partial charge in [-0.15, -0.1) is 0 Å². The van der Waals surface area contributed by atoms with Crippen LogP contribution in [0.15, 0.2) is 0 Å². The third-order valence-corrected chi connectivity index (χ3v) is 3.98. The number of likely N-dealkylation sites (N-methyl/N-ethyl adjacent to an activating group) is 1. The highest BCUT2D eigenvalue weighted by atomic mass is 16.2. The van der Waals surface area contributed by atoms with Gasteiger partial charge in [0, 0.05) is 26.2 Å². The lowest BCUT2D eigenvalue weighted by molar-refractivity contribution is -0.124. The number of nitrogens with zero attached hydrogens (tertiary/aromatic N) is 1. The molecular weight excluding hydrogens is 214 g/mol. The second kappa shape index (κ2) is 5.83. The van der Waals surface area contributed by atoms with Gasteiger partial charge in [0.05, 0.1) is 6.04 Å². The van der Waals surface area contributed by atoms with Gasteiger partial charge in [-0.25, -0.2) is 0 Å². The van der Waals surface area contributed by atoms with E-state index in [0.29, 0.717) is 5.92 Å². The van der Waals surface area contributed by atoms with Gasteiger partial charge in [-0.1, -0.05) is 27.7 Å². The summed E-state index contributed by atoms with van der Waals surface area (Å²) in [5, 5.41) is 6.33. The second-order valence-electron chi connectivity index (χ2n) is 6.13. The van der Waals surface area contributed by atoms with E-state index in [4.69, 9.17) is 0 Å². The molecule has 0 bridgehead atoms. The molecule has 4 heteroatoms. The number of carbonyl (C=O) groups is 1. The Labute approximate surface area is 105 Å². The summed E-state index contributed by atoms with van der Waals surface area (Å²) in [5.74, 6) is 0.690. The molecule has 100 valence electrons. The minimum Gasteiger partial charge on any atom is -0.354 e. The summed E-state index contributed by atoms with van der Waals surface area (Å²) in [6.07, 6.45) is 0. The normalized spacial score (nSPS) is 22.8. The molecule has 1 saturated heterocycles. The zero-order valence-corrected chi connectivity index (χ0v) is 11.8. The molecular formula is C13H27N3O. The Bertz CT molecular complexity index is 263. The highest BCUT2D eigenvalue weighted by Crippen LogP contribution is 2.24. The van der Waals surface area contributed by atoms with Crippen molar-refractivity contribution in [2.45, 2.75) is 33.7 Å². The van der Waals surface area contributed by atoms with Crippen LogP contribution in [0.1, 0.15) is 27.7 Å². The first-order valence-electron chi connectivity index (χ1n) is 6.52. The fraction of sp³-hybridized carbons (Fsp3) is 0.923. The van der Waals surface area contributed by atoms with Crippen molar-refractivity contribution < 1.29 is 4.79 Å². The second-order valence-corrected chi connectivity index (χ2v) is 6.13. The third-order valence-electron chi connectivity index (χ3n) is 3.98. The summed E-state index contributed by atoms with van der Waals surface area (Å²) in [4.78, 5) is 14.2. The van der Waals surface area contributed by atoms with Gasteiger partial charge in [0.1, 0.15) is 0 Å². The van der Waals surface area contributed by atoms with Crippen molar-refractivity contribution >= 4 is 5.91 Å². The van der Waals surface area contributed by atoms with Crippen molar-refractivity contribution in [2.75, 3.05) is 33.2 Å². The topological polar surface area (TPSA) is 44.4 Å². The van der Waals surface area contributed by atoms with E-state index in [-0.39, 0.29) is 17.4 Å². The molecule has 4 nitrogen and oxygen atoms in total. The summed E-state index contributed by atoms with van der Waals surface area (Å²) in [7, 11) is 2.05. The number of rotatable bonds is 4. The first-order valence-corrected chi connectivity index (χ1v) is 6.52. The minimum atomic E-state index is -0.0586. The van der Waals surface area contributed by atoms with Gasteiger partial charge >= 0.3 is 0 Å². The first kappa shape index (κ1) is 14.5. The van der Waals surface area contributed by atoms with Crippen LogP contribution in [0.3, 0.4) is 0 Å². The molecule has 0 saturated carbocycles. The van der Waals surface area contributed by atoms with Crippen LogP contribution in [0.5, 0.6) is 0 Å². The zero-order valence-electron chi connectivity index (χ0n) is 11.8. The van der Waals surface area contributed by atoms with Crippen molar-refractivity contribution in [3.05, 3.63) is 0 Å². The molecule has 0 spiro atoms. The molecule has 2 N–H and O–H groups in total. The third kappa shape index (κ3) is 4.28. The van der Waals surface area contributed by atoms with Gasteiger partial charge in [0.15, 0.2) is 0 Å². The molecule has 1 rings (SSSR count). The Morgan fingerprint density at radius 3 is 2.71 bits per heavy atom. The van der Waals surface area contributed by atoms with Gasteiger partial charge in [0.2, 0.25) is 5.91 Å². The van der Waals surface area contributed by atoms with Gasteiger partial charge in [-0.05, 0) is 18.4 Å². The van der Waals surface area contributed by atoms with Crippen LogP contribution in [-0.4, -0.2) is 50.1 Å². The average Bonchev–Trinajstić information content (AvgIpc) is 2.25. The van der Waals surface area contributed by atoms with Crippen LogP contribution in [-0.2, 0) is 4.79 Å². The number of carbonyl (C=O) groups excluding carboxylic acids is 1. The van der Waals surface area contributed by atoms with Gasteiger partial charge in [-0.3, -0.25) is 4.79 Å². The lowest BCUT2D eigenvalue weighted by atomic mass is 9.81. The van der Waals surface area contributed by atoms with Crippen molar-refractivity contribution in [3.8, 4) is 0 Å². The lowest BCUT2D eigenvalue weighted by Gasteiger charge is -2.33. The molecule has 0 aromatic heterocycles. The summed E-state index contributed by atoms with van der Waals surface area (Å²) < 4.78 is 0. The molecule has 1 aliphatic rings. The molecule has 0 aromatic rings. The Balaban J connectivity index is 2.39. The van der Waals surface area contributed by atoms with Gasteiger partial charge in [-0.2, -0.15) is 0 Å². The van der Waals surface area contributed by atoms with Crippen LogP contribution >= 0.6 is 0 Å². The molecule has 1 amide bonds. The summed E-state index contributed by atoms with van der Waals surface area (Å²) in [6.45, 7) is 12.2. The maximum Gasteiger partial charge on any atom is 0.238 e. The lowest BCUT2D eigenvalue weighted by Crippen LogP contribution is -2.57. The van der Waals surface area contributed by atoms with E-state index in [1.165, 1.54) is 0 Å². The van der Waals surface area contributed by atoms with Crippen molar-refractivity contribution in [2.24, 2.45) is 11.3 Å². The Morgan fingerprint density at radius 2 is 2.18 bits per heavy atom. The highest BCUT2D eigenvalue weighted by molar-refractivity contribution is 5.82. The van der Waals surface area contributed by atoms with Crippen LogP contribution < -0.4 is 10.6 Å². The van der Waals surface area contributed by atoms with Crippen LogP contribution in [0, 0.1) is 11.3 Å². The predicted molar refractivity (Wildman–Crippen MR) is 70.9 cm³/mol. The van der Waals surface area contributed by atoms with E-state index in [2.05, 4.69) is 50.3 Å². The van der Waals surface area contributed by atoms with Crippen LogP contribution in [0.25, 0.3) is 0 Å². The van der Waals surface area contributed by atoms with Crippen molar-refractivity contribution in [1.82, 2.24) is 15.5 Å².